The molecule has 0 radical (unpaired) electrons. The zero-order valence-corrected chi connectivity index (χ0v) is 17.9. The summed E-state index contributed by atoms with van der Waals surface area (Å²) in [6, 6.07) is 12.0. The molecule has 0 aromatic heterocycles. The molecule has 1 aliphatic heterocycles. The van der Waals surface area contributed by atoms with Crippen molar-refractivity contribution in [2.75, 3.05) is 6.26 Å². The van der Waals surface area contributed by atoms with E-state index in [1.807, 2.05) is 6.92 Å². The number of alkyl halides is 3. The Morgan fingerprint density at radius 2 is 1.72 bits per heavy atom. The number of carbonyl (C=O) groups is 2. The van der Waals surface area contributed by atoms with Gasteiger partial charge in [0.1, 0.15) is 11.6 Å². The molecule has 32 heavy (non-hydrogen) atoms. The maximum atomic E-state index is 12.9. The summed E-state index contributed by atoms with van der Waals surface area (Å²) in [5.74, 6) is -3.72. The molecular weight excluding hydrogens is 445 g/mol. The first-order valence-electron chi connectivity index (χ1n) is 9.42. The van der Waals surface area contributed by atoms with Crippen molar-refractivity contribution >= 4 is 27.4 Å². The van der Waals surface area contributed by atoms with Crippen molar-refractivity contribution in [1.29, 1.82) is 0 Å². The molecule has 2 atom stereocenters. The first kappa shape index (κ1) is 23.4. The molecule has 0 aliphatic carbocycles. The van der Waals surface area contributed by atoms with Crippen molar-refractivity contribution < 1.29 is 31.2 Å². The van der Waals surface area contributed by atoms with Crippen LogP contribution in [0.25, 0.3) is 0 Å². The SMILES string of the molecule is Cc1ccc(C(NC(=O)C2C=CC(C(F)(F)F)=NC2=O)c2ccccc2S(C)(=O)=O)cc1. The van der Waals surface area contributed by atoms with Gasteiger partial charge in [0.05, 0.1) is 10.9 Å². The fourth-order valence-corrected chi connectivity index (χ4v) is 4.18. The molecule has 6 nitrogen and oxygen atoms in total. The van der Waals surface area contributed by atoms with Gasteiger partial charge < -0.3 is 5.32 Å². The summed E-state index contributed by atoms with van der Waals surface area (Å²) < 4.78 is 63.0. The fourth-order valence-electron chi connectivity index (χ4n) is 3.24. The molecule has 0 saturated carbocycles. The van der Waals surface area contributed by atoms with Gasteiger partial charge in [0.15, 0.2) is 9.84 Å². The summed E-state index contributed by atoms with van der Waals surface area (Å²) in [4.78, 5) is 28.0. The Kier molecular flexibility index (Phi) is 6.36. The Hall–Kier alpha value is -3.27. The van der Waals surface area contributed by atoms with Gasteiger partial charge in [0, 0.05) is 6.26 Å². The molecule has 1 aliphatic rings. The predicted octanol–water partition coefficient (Wildman–Crippen LogP) is 3.32. The summed E-state index contributed by atoms with van der Waals surface area (Å²) >= 11 is 0. The number of halogens is 3. The van der Waals surface area contributed by atoms with E-state index in [2.05, 4.69) is 10.3 Å². The van der Waals surface area contributed by atoms with Crippen LogP contribution in [0, 0.1) is 12.8 Å². The Bertz CT molecular complexity index is 1220. The summed E-state index contributed by atoms with van der Waals surface area (Å²) in [6.45, 7) is 1.85. The minimum atomic E-state index is -4.81. The molecule has 0 bridgehead atoms. The third-order valence-electron chi connectivity index (χ3n) is 4.84. The van der Waals surface area contributed by atoms with Crippen LogP contribution in [0.2, 0.25) is 0 Å². The molecule has 0 spiro atoms. The van der Waals surface area contributed by atoms with Crippen LogP contribution < -0.4 is 5.32 Å². The number of dihydropyridines is 1. The Balaban J connectivity index is 2.00. The number of sulfone groups is 1. The highest BCUT2D eigenvalue weighted by Crippen LogP contribution is 2.29. The molecule has 10 heteroatoms. The molecule has 168 valence electrons. The molecule has 3 rings (SSSR count). The van der Waals surface area contributed by atoms with Gasteiger partial charge in [-0.15, -0.1) is 0 Å². The maximum Gasteiger partial charge on any atom is 0.433 e. The molecule has 0 fully saturated rings. The number of amides is 2. The van der Waals surface area contributed by atoms with Crippen molar-refractivity contribution in [3.05, 3.63) is 77.4 Å². The highest BCUT2D eigenvalue weighted by molar-refractivity contribution is 7.90. The standard InChI is InChI=1S/C22H19F3N2O4S/c1-13-7-9-14(10-8-13)19(15-5-3-4-6-17(15)32(2,30)31)27-21(29)16-11-12-18(22(23,24)25)26-20(16)28/h3-12,16,19H,1-2H3,(H,27,29). The lowest BCUT2D eigenvalue weighted by Gasteiger charge is -2.24. The van der Waals surface area contributed by atoms with E-state index < -0.39 is 45.5 Å². The van der Waals surface area contributed by atoms with Gasteiger partial charge in [0.25, 0.3) is 5.91 Å². The maximum absolute atomic E-state index is 12.9. The summed E-state index contributed by atoms with van der Waals surface area (Å²) in [5, 5.41) is 2.61. The highest BCUT2D eigenvalue weighted by atomic mass is 32.2. The van der Waals surface area contributed by atoms with Crippen molar-refractivity contribution in [3.8, 4) is 0 Å². The van der Waals surface area contributed by atoms with Crippen molar-refractivity contribution in [1.82, 2.24) is 5.32 Å². The van der Waals surface area contributed by atoms with Crippen LogP contribution in [0.1, 0.15) is 22.7 Å². The average Bonchev–Trinajstić information content (AvgIpc) is 2.71. The lowest BCUT2D eigenvalue weighted by Crippen LogP contribution is -2.39. The second kappa shape index (κ2) is 8.70. The van der Waals surface area contributed by atoms with E-state index in [-0.39, 0.29) is 10.5 Å². The summed E-state index contributed by atoms with van der Waals surface area (Å²) in [5.41, 5.74) is 0.337. The van der Waals surface area contributed by atoms with E-state index in [1.165, 1.54) is 18.2 Å². The second-order valence-corrected chi connectivity index (χ2v) is 9.32. The van der Waals surface area contributed by atoms with Gasteiger partial charge in [-0.2, -0.15) is 13.2 Å². The van der Waals surface area contributed by atoms with Crippen LogP contribution in [0.3, 0.4) is 0 Å². The molecule has 0 saturated heterocycles. The number of benzene rings is 2. The van der Waals surface area contributed by atoms with Crippen LogP contribution >= 0.6 is 0 Å². The number of nitrogens with zero attached hydrogens (tertiary/aromatic N) is 1. The first-order chi connectivity index (χ1) is 14.9. The van der Waals surface area contributed by atoms with Gasteiger partial charge in [-0.25, -0.2) is 13.4 Å². The molecule has 2 aromatic rings. The minimum absolute atomic E-state index is 0.0197. The number of rotatable bonds is 5. The van der Waals surface area contributed by atoms with Crippen LogP contribution in [0.15, 0.2) is 70.6 Å². The number of hydrogen-bond acceptors (Lipinski definition) is 4. The van der Waals surface area contributed by atoms with E-state index in [0.717, 1.165) is 17.9 Å². The normalized spacial score (nSPS) is 17.6. The average molecular weight is 464 g/mol. The number of aryl methyl sites for hydroxylation is 1. The third kappa shape index (κ3) is 5.13. The van der Waals surface area contributed by atoms with Crippen molar-refractivity contribution in [3.63, 3.8) is 0 Å². The van der Waals surface area contributed by atoms with Crippen LogP contribution in [0.5, 0.6) is 0 Å². The van der Waals surface area contributed by atoms with E-state index >= 15 is 0 Å². The third-order valence-corrected chi connectivity index (χ3v) is 6.01. The van der Waals surface area contributed by atoms with Crippen LogP contribution in [-0.4, -0.2) is 38.4 Å². The monoisotopic (exact) mass is 464 g/mol. The Labute approximate surface area is 182 Å². The zero-order chi connectivity index (χ0) is 23.7. The van der Waals surface area contributed by atoms with E-state index in [9.17, 15) is 31.2 Å². The van der Waals surface area contributed by atoms with Gasteiger partial charge >= 0.3 is 6.18 Å². The summed E-state index contributed by atoms with van der Waals surface area (Å²) in [7, 11) is -3.67. The van der Waals surface area contributed by atoms with Gasteiger partial charge in [0.2, 0.25) is 5.91 Å². The molecule has 2 unspecified atom stereocenters. The molecule has 1 heterocycles. The number of aliphatic imine (C=N–C) groups is 1. The molecule has 2 amide bonds. The fraction of sp³-hybridized carbons (Fsp3) is 0.227. The Morgan fingerprint density at radius 1 is 1.09 bits per heavy atom. The molecule has 1 N–H and O–H groups in total. The Morgan fingerprint density at radius 3 is 2.28 bits per heavy atom. The second-order valence-electron chi connectivity index (χ2n) is 7.33. The lowest BCUT2D eigenvalue weighted by atomic mass is 9.96. The largest absolute Gasteiger partial charge is 0.433 e. The van der Waals surface area contributed by atoms with E-state index in [1.54, 1.807) is 30.3 Å². The van der Waals surface area contributed by atoms with E-state index in [4.69, 9.17) is 0 Å². The van der Waals surface area contributed by atoms with Crippen molar-refractivity contribution in [2.24, 2.45) is 10.9 Å². The number of allylic oxidation sites excluding steroid dienone is 1. The van der Waals surface area contributed by atoms with E-state index in [0.29, 0.717) is 11.6 Å². The zero-order valence-electron chi connectivity index (χ0n) is 17.1. The van der Waals surface area contributed by atoms with Crippen LogP contribution in [-0.2, 0) is 19.4 Å². The first-order valence-corrected chi connectivity index (χ1v) is 11.3. The number of hydrogen-bond donors (Lipinski definition) is 1. The molecule has 2 aromatic carbocycles. The van der Waals surface area contributed by atoms with Gasteiger partial charge in [-0.1, -0.05) is 54.1 Å². The van der Waals surface area contributed by atoms with Crippen LogP contribution in [0.4, 0.5) is 13.2 Å². The van der Waals surface area contributed by atoms with Gasteiger partial charge in [-0.05, 0) is 30.2 Å². The molecular formula is C22H19F3N2O4S. The topological polar surface area (TPSA) is 92.7 Å². The summed E-state index contributed by atoms with van der Waals surface area (Å²) in [6.07, 6.45) is -2.37. The quantitative estimate of drug-likeness (QED) is 0.687. The number of carbonyl (C=O) groups excluding carboxylic acids is 2. The minimum Gasteiger partial charge on any atom is -0.344 e. The predicted molar refractivity (Wildman–Crippen MR) is 112 cm³/mol. The number of nitrogens with one attached hydrogen (secondary N) is 1. The van der Waals surface area contributed by atoms with Crippen molar-refractivity contribution in [2.45, 2.75) is 24.0 Å². The highest BCUT2D eigenvalue weighted by Gasteiger charge is 2.39. The lowest BCUT2D eigenvalue weighted by molar-refractivity contribution is -0.132. The smallest absolute Gasteiger partial charge is 0.344 e. The van der Waals surface area contributed by atoms with Gasteiger partial charge in [-0.3, -0.25) is 9.59 Å².